The van der Waals surface area contributed by atoms with Crippen LogP contribution in [0, 0.1) is 0 Å². The highest BCUT2D eigenvalue weighted by atomic mass is 32.1. The zero-order valence-corrected chi connectivity index (χ0v) is 12.5. The fraction of sp³-hybridized carbons (Fsp3) is 0.714. The van der Waals surface area contributed by atoms with Crippen LogP contribution in [0.3, 0.4) is 0 Å². The van der Waals surface area contributed by atoms with Crippen molar-refractivity contribution in [3.63, 3.8) is 0 Å². The lowest BCUT2D eigenvalue weighted by Gasteiger charge is -2.38. The first kappa shape index (κ1) is 14.0. The number of amides is 1. The van der Waals surface area contributed by atoms with Crippen LogP contribution in [0.25, 0.3) is 0 Å². The van der Waals surface area contributed by atoms with Gasteiger partial charge in [0.25, 0.3) is 0 Å². The monoisotopic (exact) mass is 294 g/mol. The fourth-order valence-corrected chi connectivity index (χ4v) is 3.88. The van der Waals surface area contributed by atoms with Gasteiger partial charge in [0.1, 0.15) is 0 Å². The van der Waals surface area contributed by atoms with E-state index >= 15 is 0 Å². The summed E-state index contributed by atoms with van der Waals surface area (Å²) in [5.41, 5.74) is 0. The average molecular weight is 294 g/mol. The second-order valence-electron chi connectivity index (χ2n) is 5.62. The SMILES string of the molecule is O=C(CN1CCCCC1C1CCCN1)Nc1nccs1. The third kappa shape index (κ3) is 3.37. The van der Waals surface area contributed by atoms with Crippen molar-refractivity contribution < 1.29 is 4.79 Å². The van der Waals surface area contributed by atoms with Gasteiger partial charge >= 0.3 is 0 Å². The third-order valence-corrected chi connectivity index (χ3v) is 4.94. The zero-order valence-electron chi connectivity index (χ0n) is 11.7. The number of likely N-dealkylation sites (tertiary alicyclic amines) is 1. The molecule has 0 aliphatic carbocycles. The lowest BCUT2D eigenvalue weighted by Crippen LogP contribution is -2.52. The molecule has 3 rings (SSSR count). The molecule has 0 bridgehead atoms. The van der Waals surface area contributed by atoms with Gasteiger partial charge in [0.05, 0.1) is 6.54 Å². The maximum atomic E-state index is 12.1. The Morgan fingerprint density at radius 1 is 1.45 bits per heavy atom. The number of rotatable bonds is 4. The van der Waals surface area contributed by atoms with E-state index in [1.807, 2.05) is 5.38 Å². The molecule has 6 heteroatoms. The molecular weight excluding hydrogens is 272 g/mol. The van der Waals surface area contributed by atoms with E-state index in [1.165, 1.54) is 43.4 Å². The van der Waals surface area contributed by atoms with Gasteiger partial charge < -0.3 is 10.6 Å². The van der Waals surface area contributed by atoms with Gasteiger partial charge in [-0.3, -0.25) is 9.69 Å². The Kier molecular flexibility index (Phi) is 4.65. The Morgan fingerprint density at radius 2 is 2.40 bits per heavy atom. The molecule has 2 saturated heterocycles. The number of anilines is 1. The number of piperidine rings is 1. The summed E-state index contributed by atoms with van der Waals surface area (Å²) in [7, 11) is 0. The number of hydrogen-bond donors (Lipinski definition) is 2. The zero-order chi connectivity index (χ0) is 13.8. The molecule has 1 amide bonds. The molecular formula is C14H22N4OS. The van der Waals surface area contributed by atoms with Gasteiger partial charge in [0.15, 0.2) is 5.13 Å². The maximum absolute atomic E-state index is 12.1. The van der Waals surface area contributed by atoms with Crippen LogP contribution in [0.15, 0.2) is 11.6 Å². The maximum Gasteiger partial charge on any atom is 0.240 e. The van der Waals surface area contributed by atoms with E-state index in [-0.39, 0.29) is 5.91 Å². The fourth-order valence-electron chi connectivity index (χ4n) is 3.34. The van der Waals surface area contributed by atoms with Crippen molar-refractivity contribution in [3.05, 3.63) is 11.6 Å². The standard InChI is InChI=1S/C14H22N4OS/c19-13(17-14-16-7-9-20-14)10-18-8-2-1-5-12(18)11-4-3-6-15-11/h7,9,11-12,15H,1-6,8,10H2,(H,16,17,19). The summed E-state index contributed by atoms with van der Waals surface area (Å²) < 4.78 is 0. The molecule has 5 nitrogen and oxygen atoms in total. The number of nitrogens with one attached hydrogen (secondary N) is 2. The smallest absolute Gasteiger partial charge is 0.240 e. The number of hydrogen-bond acceptors (Lipinski definition) is 5. The van der Waals surface area contributed by atoms with E-state index in [2.05, 4.69) is 20.5 Å². The van der Waals surface area contributed by atoms with Gasteiger partial charge in [-0.2, -0.15) is 0 Å². The van der Waals surface area contributed by atoms with Crippen molar-refractivity contribution in [2.75, 3.05) is 25.0 Å². The molecule has 2 unspecified atom stereocenters. The van der Waals surface area contributed by atoms with E-state index < -0.39 is 0 Å². The highest BCUT2D eigenvalue weighted by Gasteiger charge is 2.32. The lowest BCUT2D eigenvalue weighted by atomic mass is 9.94. The molecule has 2 fully saturated rings. The predicted octanol–water partition coefficient (Wildman–Crippen LogP) is 1.69. The Labute approximate surface area is 123 Å². The summed E-state index contributed by atoms with van der Waals surface area (Å²) >= 11 is 1.47. The molecule has 3 heterocycles. The van der Waals surface area contributed by atoms with Gasteiger partial charge in [0, 0.05) is 23.7 Å². The minimum atomic E-state index is 0.0600. The van der Waals surface area contributed by atoms with Gasteiger partial charge in [-0.1, -0.05) is 6.42 Å². The van der Waals surface area contributed by atoms with E-state index in [4.69, 9.17) is 0 Å². The Balaban J connectivity index is 1.57. The van der Waals surface area contributed by atoms with Crippen LogP contribution >= 0.6 is 11.3 Å². The third-order valence-electron chi connectivity index (χ3n) is 4.25. The predicted molar refractivity (Wildman–Crippen MR) is 81.0 cm³/mol. The number of aromatic nitrogens is 1. The van der Waals surface area contributed by atoms with Crippen molar-refractivity contribution in [1.29, 1.82) is 0 Å². The molecule has 2 aliphatic rings. The molecule has 20 heavy (non-hydrogen) atoms. The van der Waals surface area contributed by atoms with Crippen LogP contribution in [-0.4, -0.2) is 47.5 Å². The number of nitrogens with zero attached hydrogens (tertiary/aromatic N) is 2. The summed E-state index contributed by atoms with van der Waals surface area (Å²) in [6.07, 6.45) is 7.92. The van der Waals surface area contributed by atoms with Gasteiger partial charge in [-0.05, 0) is 38.8 Å². The first-order valence-electron chi connectivity index (χ1n) is 7.50. The summed E-state index contributed by atoms with van der Waals surface area (Å²) in [5.74, 6) is 0.0600. The molecule has 0 spiro atoms. The minimum absolute atomic E-state index is 0.0600. The normalized spacial score (nSPS) is 27.6. The van der Waals surface area contributed by atoms with Crippen LogP contribution in [-0.2, 0) is 4.79 Å². The van der Waals surface area contributed by atoms with Crippen LogP contribution in [0.4, 0.5) is 5.13 Å². The Morgan fingerprint density at radius 3 is 3.15 bits per heavy atom. The van der Waals surface area contributed by atoms with E-state index in [0.29, 0.717) is 23.8 Å². The van der Waals surface area contributed by atoms with Crippen LogP contribution < -0.4 is 10.6 Å². The number of thiazole rings is 1. The second kappa shape index (κ2) is 6.65. The summed E-state index contributed by atoms with van der Waals surface area (Å²) in [4.78, 5) is 18.6. The highest BCUT2D eigenvalue weighted by Crippen LogP contribution is 2.24. The van der Waals surface area contributed by atoms with Crippen LogP contribution in [0.1, 0.15) is 32.1 Å². The average Bonchev–Trinajstić information content (AvgIpc) is 3.11. The molecule has 2 N–H and O–H groups in total. The van der Waals surface area contributed by atoms with E-state index in [9.17, 15) is 4.79 Å². The molecule has 1 aromatic heterocycles. The Bertz CT molecular complexity index is 430. The van der Waals surface area contributed by atoms with Crippen molar-refractivity contribution in [3.8, 4) is 0 Å². The summed E-state index contributed by atoms with van der Waals surface area (Å²) in [5, 5.41) is 9.05. The van der Waals surface area contributed by atoms with Crippen LogP contribution in [0.5, 0.6) is 0 Å². The van der Waals surface area contributed by atoms with Crippen LogP contribution in [0.2, 0.25) is 0 Å². The van der Waals surface area contributed by atoms with Gasteiger partial charge in [0.2, 0.25) is 5.91 Å². The topological polar surface area (TPSA) is 57.3 Å². The largest absolute Gasteiger partial charge is 0.312 e. The van der Waals surface area contributed by atoms with E-state index in [0.717, 1.165) is 13.1 Å². The second-order valence-corrected chi connectivity index (χ2v) is 6.52. The Hall–Kier alpha value is -0.980. The summed E-state index contributed by atoms with van der Waals surface area (Å²) in [6, 6.07) is 1.09. The molecule has 1 aromatic rings. The van der Waals surface area contributed by atoms with Crippen molar-refractivity contribution in [1.82, 2.24) is 15.2 Å². The molecule has 0 radical (unpaired) electrons. The highest BCUT2D eigenvalue weighted by molar-refractivity contribution is 7.13. The molecule has 2 atom stereocenters. The molecule has 110 valence electrons. The summed E-state index contributed by atoms with van der Waals surface area (Å²) in [6.45, 7) is 2.65. The first-order chi connectivity index (χ1) is 9.83. The van der Waals surface area contributed by atoms with Crippen molar-refractivity contribution in [2.24, 2.45) is 0 Å². The van der Waals surface area contributed by atoms with Crippen molar-refractivity contribution >= 4 is 22.4 Å². The van der Waals surface area contributed by atoms with Gasteiger partial charge in [-0.15, -0.1) is 11.3 Å². The number of carbonyl (C=O) groups is 1. The number of carbonyl (C=O) groups excluding carboxylic acids is 1. The minimum Gasteiger partial charge on any atom is -0.312 e. The molecule has 0 saturated carbocycles. The van der Waals surface area contributed by atoms with E-state index in [1.54, 1.807) is 6.20 Å². The quantitative estimate of drug-likeness (QED) is 0.887. The molecule has 2 aliphatic heterocycles. The molecule has 0 aromatic carbocycles. The lowest BCUT2D eigenvalue weighted by molar-refractivity contribution is -0.118. The van der Waals surface area contributed by atoms with Gasteiger partial charge in [-0.25, -0.2) is 4.98 Å². The first-order valence-corrected chi connectivity index (χ1v) is 8.38. The van der Waals surface area contributed by atoms with Crippen molar-refractivity contribution in [2.45, 2.75) is 44.2 Å².